The normalized spacial score (nSPS) is 14.8. The predicted octanol–water partition coefficient (Wildman–Crippen LogP) is 2.12. The number of piperazine rings is 1. The van der Waals surface area contributed by atoms with Gasteiger partial charge in [0.25, 0.3) is 0 Å². The minimum atomic E-state index is -0.468. The zero-order chi connectivity index (χ0) is 15.5. The topological polar surface area (TPSA) is 56.1 Å². The smallest absolute Gasteiger partial charge is 0.225 e. The summed E-state index contributed by atoms with van der Waals surface area (Å²) < 4.78 is 13.7. The van der Waals surface area contributed by atoms with Crippen molar-refractivity contribution in [3.63, 3.8) is 0 Å². The van der Waals surface area contributed by atoms with Crippen LogP contribution in [0.5, 0.6) is 0 Å². The van der Waals surface area contributed by atoms with E-state index in [2.05, 4.69) is 19.8 Å². The molecule has 0 amide bonds. The first-order valence-electron chi connectivity index (χ1n) is 7.16. The van der Waals surface area contributed by atoms with Gasteiger partial charge in [0.1, 0.15) is 11.9 Å². The number of hydrogen-bond acceptors (Lipinski definition) is 5. The molecule has 1 aromatic carbocycles. The molecule has 1 aliphatic rings. The summed E-state index contributed by atoms with van der Waals surface area (Å²) in [6.07, 6.45) is 1.76. The van der Waals surface area contributed by atoms with Gasteiger partial charge in [-0.25, -0.2) is 14.4 Å². The fraction of sp³-hybridized carbons (Fsp3) is 0.312. The third-order valence-electron chi connectivity index (χ3n) is 3.78. The maximum Gasteiger partial charge on any atom is 0.225 e. The molecular formula is C16H16FN5. The summed E-state index contributed by atoms with van der Waals surface area (Å²) in [6, 6.07) is 8.46. The van der Waals surface area contributed by atoms with Crippen LogP contribution in [0.15, 0.2) is 30.5 Å². The lowest BCUT2D eigenvalue weighted by molar-refractivity contribution is 0.614. The summed E-state index contributed by atoms with van der Waals surface area (Å²) in [6.45, 7) is 5.04. The highest BCUT2D eigenvalue weighted by Gasteiger charge is 2.20. The number of halogens is 1. The van der Waals surface area contributed by atoms with E-state index in [0.717, 1.165) is 43.5 Å². The molecule has 0 radical (unpaired) electrons. The molecule has 0 spiro atoms. The second-order valence-corrected chi connectivity index (χ2v) is 5.25. The summed E-state index contributed by atoms with van der Waals surface area (Å²) in [4.78, 5) is 13.0. The van der Waals surface area contributed by atoms with E-state index >= 15 is 0 Å². The zero-order valence-electron chi connectivity index (χ0n) is 12.3. The molecule has 6 heteroatoms. The van der Waals surface area contributed by atoms with E-state index in [1.807, 2.05) is 19.1 Å². The molecule has 2 heterocycles. The molecule has 1 saturated heterocycles. The van der Waals surface area contributed by atoms with Crippen molar-refractivity contribution in [3.05, 3.63) is 47.5 Å². The summed E-state index contributed by atoms with van der Waals surface area (Å²) in [5.41, 5.74) is 1.83. The molecule has 2 aromatic rings. The first-order chi connectivity index (χ1) is 10.7. The first kappa shape index (κ1) is 14.3. The van der Waals surface area contributed by atoms with Crippen molar-refractivity contribution >= 4 is 11.6 Å². The fourth-order valence-electron chi connectivity index (χ4n) is 2.54. The van der Waals surface area contributed by atoms with Crippen LogP contribution in [0, 0.1) is 24.1 Å². The van der Waals surface area contributed by atoms with Crippen molar-refractivity contribution in [2.75, 3.05) is 36.0 Å². The molecule has 112 valence electrons. The lowest BCUT2D eigenvalue weighted by Crippen LogP contribution is -2.47. The fourth-order valence-corrected chi connectivity index (χ4v) is 2.54. The van der Waals surface area contributed by atoms with Gasteiger partial charge in [0.15, 0.2) is 0 Å². The zero-order valence-corrected chi connectivity index (χ0v) is 12.3. The van der Waals surface area contributed by atoms with Crippen molar-refractivity contribution in [3.8, 4) is 6.07 Å². The molecule has 0 aliphatic carbocycles. The van der Waals surface area contributed by atoms with E-state index in [1.54, 1.807) is 12.3 Å². The first-order valence-corrected chi connectivity index (χ1v) is 7.16. The Bertz CT molecular complexity index is 717. The monoisotopic (exact) mass is 297 g/mol. The minimum absolute atomic E-state index is 0.0792. The number of rotatable bonds is 2. The van der Waals surface area contributed by atoms with Gasteiger partial charge in [-0.05, 0) is 31.2 Å². The average molecular weight is 297 g/mol. The van der Waals surface area contributed by atoms with Gasteiger partial charge in [-0.3, -0.25) is 0 Å². The summed E-state index contributed by atoms with van der Waals surface area (Å²) in [7, 11) is 0. The Kier molecular flexibility index (Phi) is 3.88. The van der Waals surface area contributed by atoms with Crippen molar-refractivity contribution in [2.45, 2.75) is 6.92 Å². The quantitative estimate of drug-likeness (QED) is 0.850. The highest BCUT2D eigenvalue weighted by Crippen LogP contribution is 2.21. The maximum absolute atomic E-state index is 13.7. The number of nitriles is 1. The van der Waals surface area contributed by atoms with E-state index in [9.17, 15) is 4.39 Å². The lowest BCUT2D eigenvalue weighted by Gasteiger charge is -2.36. The van der Waals surface area contributed by atoms with E-state index in [4.69, 9.17) is 5.26 Å². The molecule has 22 heavy (non-hydrogen) atoms. The van der Waals surface area contributed by atoms with E-state index in [-0.39, 0.29) is 5.56 Å². The van der Waals surface area contributed by atoms with Crippen LogP contribution in [0.4, 0.5) is 16.0 Å². The number of aryl methyl sites for hydroxylation is 1. The third-order valence-corrected chi connectivity index (χ3v) is 3.78. The standard InChI is InChI=1S/C16H16FN5/c1-12-4-5-19-16(20-12)22-8-6-21(7-9-22)14-3-2-13(11-18)15(17)10-14/h2-5,10H,6-9H2,1H3. The Morgan fingerprint density at radius 2 is 1.86 bits per heavy atom. The van der Waals surface area contributed by atoms with Crippen molar-refractivity contribution in [1.82, 2.24) is 9.97 Å². The van der Waals surface area contributed by atoms with Gasteiger partial charge in [-0.1, -0.05) is 0 Å². The van der Waals surface area contributed by atoms with Gasteiger partial charge in [0, 0.05) is 43.8 Å². The van der Waals surface area contributed by atoms with Crippen LogP contribution in [0.1, 0.15) is 11.3 Å². The Morgan fingerprint density at radius 3 is 2.50 bits per heavy atom. The van der Waals surface area contributed by atoms with E-state index < -0.39 is 5.82 Å². The largest absolute Gasteiger partial charge is 0.368 e. The Balaban J connectivity index is 1.69. The van der Waals surface area contributed by atoms with Gasteiger partial charge in [-0.15, -0.1) is 0 Å². The minimum Gasteiger partial charge on any atom is -0.368 e. The van der Waals surface area contributed by atoms with Crippen LogP contribution >= 0.6 is 0 Å². The van der Waals surface area contributed by atoms with Crippen molar-refractivity contribution < 1.29 is 4.39 Å². The number of nitrogens with zero attached hydrogens (tertiary/aromatic N) is 5. The molecular weight excluding hydrogens is 281 g/mol. The van der Waals surface area contributed by atoms with Gasteiger partial charge >= 0.3 is 0 Å². The molecule has 5 nitrogen and oxygen atoms in total. The molecule has 3 rings (SSSR count). The van der Waals surface area contributed by atoms with Crippen molar-refractivity contribution in [1.29, 1.82) is 5.26 Å². The Hall–Kier alpha value is -2.68. The average Bonchev–Trinajstić information content (AvgIpc) is 2.55. The highest BCUT2D eigenvalue weighted by atomic mass is 19.1. The SMILES string of the molecule is Cc1ccnc(N2CCN(c3ccc(C#N)c(F)c3)CC2)n1. The Morgan fingerprint density at radius 1 is 1.14 bits per heavy atom. The maximum atomic E-state index is 13.7. The van der Waals surface area contributed by atoms with E-state index in [0.29, 0.717) is 0 Å². The van der Waals surface area contributed by atoms with Crippen LogP contribution in [0.3, 0.4) is 0 Å². The molecule has 1 fully saturated rings. The van der Waals surface area contributed by atoms with Crippen LogP contribution in [0.25, 0.3) is 0 Å². The molecule has 1 aromatic heterocycles. The van der Waals surface area contributed by atoms with Crippen LogP contribution < -0.4 is 9.80 Å². The molecule has 0 unspecified atom stereocenters. The molecule has 0 atom stereocenters. The van der Waals surface area contributed by atoms with Crippen LogP contribution in [0.2, 0.25) is 0 Å². The highest BCUT2D eigenvalue weighted by molar-refractivity contribution is 5.52. The van der Waals surface area contributed by atoms with Crippen LogP contribution in [-0.4, -0.2) is 36.1 Å². The predicted molar refractivity (Wildman–Crippen MR) is 82.3 cm³/mol. The summed E-state index contributed by atoms with van der Waals surface area (Å²) in [5, 5.41) is 8.78. The van der Waals surface area contributed by atoms with Gasteiger partial charge in [0.05, 0.1) is 5.56 Å². The second kappa shape index (κ2) is 5.98. The number of anilines is 2. The number of benzene rings is 1. The second-order valence-electron chi connectivity index (χ2n) is 5.25. The molecule has 0 saturated carbocycles. The third kappa shape index (κ3) is 2.84. The van der Waals surface area contributed by atoms with Gasteiger partial charge < -0.3 is 9.80 Å². The van der Waals surface area contributed by atoms with E-state index in [1.165, 1.54) is 12.1 Å². The van der Waals surface area contributed by atoms with Crippen LogP contribution in [-0.2, 0) is 0 Å². The molecule has 0 N–H and O–H groups in total. The summed E-state index contributed by atoms with van der Waals surface area (Å²) >= 11 is 0. The summed E-state index contributed by atoms with van der Waals surface area (Å²) in [5.74, 6) is 0.273. The van der Waals surface area contributed by atoms with Crippen molar-refractivity contribution in [2.24, 2.45) is 0 Å². The molecule has 1 aliphatic heterocycles. The Labute approximate surface area is 128 Å². The lowest BCUT2D eigenvalue weighted by atomic mass is 10.2. The number of hydrogen-bond donors (Lipinski definition) is 0. The van der Waals surface area contributed by atoms with Gasteiger partial charge in [0.2, 0.25) is 5.95 Å². The van der Waals surface area contributed by atoms with Gasteiger partial charge in [-0.2, -0.15) is 5.26 Å². The molecule has 0 bridgehead atoms. The number of aromatic nitrogens is 2.